The fraction of sp³-hybridized carbons (Fsp3) is 0.435. The summed E-state index contributed by atoms with van der Waals surface area (Å²) in [5.41, 5.74) is 3.21. The molecule has 1 N–H and O–H groups in total. The lowest BCUT2D eigenvalue weighted by atomic mass is 10.1. The number of nitrogens with one attached hydrogen (secondary N) is 1. The number of amides is 1. The molecular weight excluding hydrogens is 430 g/mol. The Balaban J connectivity index is 1.42. The van der Waals surface area contributed by atoms with Gasteiger partial charge in [-0.1, -0.05) is 18.2 Å². The topological polar surface area (TPSA) is 88.2 Å². The Labute approximate surface area is 189 Å². The Bertz CT molecular complexity index is 1040. The third-order valence-electron chi connectivity index (χ3n) is 5.83. The second-order valence-electron chi connectivity index (χ2n) is 7.94. The number of rotatable bonds is 6. The van der Waals surface area contributed by atoms with Crippen LogP contribution in [0.4, 0.5) is 5.69 Å². The SMILES string of the molecule is Cc1ccc(S(=O)(=O)N2CCOCC2)cc1C(=O)NCc1ccc(N2CCOCC2)cc1. The standard InChI is InChI=1S/C23H29N3O5S/c1-18-2-7-21(32(28,29)26-10-14-31-15-11-26)16-22(18)23(27)24-17-19-3-5-20(6-4-19)25-8-12-30-13-9-25/h2-7,16H,8-15,17H2,1H3,(H,24,27). The second-order valence-corrected chi connectivity index (χ2v) is 9.88. The summed E-state index contributed by atoms with van der Waals surface area (Å²) in [5, 5.41) is 2.91. The van der Waals surface area contributed by atoms with Gasteiger partial charge >= 0.3 is 0 Å². The Hall–Kier alpha value is -2.46. The maximum absolute atomic E-state index is 12.9. The zero-order chi connectivity index (χ0) is 22.6. The van der Waals surface area contributed by atoms with Gasteiger partial charge in [0, 0.05) is 44.0 Å². The molecule has 32 heavy (non-hydrogen) atoms. The van der Waals surface area contributed by atoms with E-state index in [1.165, 1.54) is 10.4 Å². The minimum atomic E-state index is -3.66. The fourth-order valence-electron chi connectivity index (χ4n) is 3.87. The summed E-state index contributed by atoms with van der Waals surface area (Å²) < 4.78 is 37.9. The summed E-state index contributed by atoms with van der Waals surface area (Å²) in [6.45, 7) is 6.77. The summed E-state index contributed by atoms with van der Waals surface area (Å²) in [6, 6.07) is 12.8. The van der Waals surface area contributed by atoms with Gasteiger partial charge in [-0.25, -0.2) is 8.42 Å². The van der Waals surface area contributed by atoms with E-state index in [9.17, 15) is 13.2 Å². The number of hydrogen-bond acceptors (Lipinski definition) is 6. The first kappa shape index (κ1) is 22.7. The predicted octanol–water partition coefficient (Wildman–Crippen LogP) is 1.78. The number of carbonyl (C=O) groups excluding carboxylic acids is 1. The number of sulfonamides is 1. The van der Waals surface area contributed by atoms with E-state index in [0.717, 1.165) is 43.1 Å². The second kappa shape index (κ2) is 9.99. The molecule has 0 spiro atoms. The van der Waals surface area contributed by atoms with Gasteiger partial charge in [0.15, 0.2) is 0 Å². The van der Waals surface area contributed by atoms with E-state index in [1.54, 1.807) is 19.1 Å². The number of benzene rings is 2. The molecule has 2 aliphatic heterocycles. The highest BCUT2D eigenvalue weighted by Crippen LogP contribution is 2.21. The average Bonchev–Trinajstić information content (AvgIpc) is 2.84. The van der Waals surface area contributed by atoms with Crippen LogP contribution in [-0.4, -0.2) is 71.2 Å². The maximum Gasteiger partial charge on any atom is 0.251 e. The van der Waals surface area contributed by atoms with Crippen LogP contribution in [0.3, 0.4) is 0 Å². The molecule has 8 nitrogen and oxygen atoms in total. The van der Waals surface area contributed by atoms with Crippen LogP contribution in [0.25, 0.3) is 0 Å². The van der Waals surface area contributed by atoms with Gasteiger partial charge in [-0.15, -0.1) is 0 Å². The lowest BCUT2D eigenvalue weighted by Crippen LogP contribution is -2.40. The number of anilines is 1. The average molecular weight is 460 g/mol. The van der Waals surface area contributed by atoms with Crippen LogP contribution < -0.4 is 10.2 Å². The van der Waals surface area contributed by atoms with Crippen LogP contribution in [0.5, 0.6) is 0 Å². The lowest BCUT2D eigenvalue weighted by molar-refractivity contribution is 0.0730. The van der Waals surface area contributed by atoms with Crippen LogP contribution >= 0.6 is 0 Å². The number of nitrogens with zero attached hydrogens (tertiary/aromatic N) is 2. The summed E-state index contributed by atoms with van der Waals surface area (Å²) in [4.78, 5) is 15.2. The molecule has 2 fully saturated rings. The first-order chi connectivity index (χ1) is 15.4. The van der Waals surface area contributed by atoms with Gasteiger partial charge in [0.25, 0.3) is 5.91 Å². The van der Waals surface area contributed by atoms with Gasteiger partial charge in [-0.3, -0.25) is 4.79 Å². The van der Waals surface area contributed by atoms with Gasteiger partial charge < -0.3 is 19.7 Å². The van der Waals surface area contributed by atoms with Crippen molar-refractivity contribution >= 4 is 21.6 Å². The third-order valence-corrected chi connectivity index (χ3v) is 7.72. The summed E-state index contributed by atoms with van der Waals surface area (Å²) in [6.07, 6.45) is 0. The number of morpholine rings is 2. The molecule has 2 saturated heterocycles. The largest absolute Gasteiger partial charge is 0.379 e. The van der Waals surface area contributed by atoms with Crippen LogP contribution in [0.15, 0.2) is 47.4 Å². The van der Waals surface area contributed by atoms with Crippen LogP contribution in [0.1, 0.15) is 21.5 Å². The molecule has 0 aliphatic carbocycles. The van der Waals surface area contributed by atoms with E-state index in [4.69, 9.17) is 9.47 Å². The highest BCUT2D eigenvalue weighted by atomic mass is 32.2. The van der Waals surface area contributed by atoms with E-state index in [2.05, 4.69) is 10.2 Å². The molecule has 2 aromatic rings. The highest BCUT2D eigenvalue weighted by molar-refractivity contribution is 7.89. The molecule has 0 atom stereocenters. The van der Waals surface area contributed by atoms with Crippen LogP contribution in [0.2, 0.25) is 0 Å². The molecule has 0 radical (unpaired) electrons. The van der Waals surface area contributed by atoms with Crippen molar-refractivity contribution in [3.63, 3.8) is 0 Å². The van der Waals surface area contributed by atoms with Crippen molar-refractivity contribution < 1.29 is 22.7 Å². The van der Waals surface area contributed by atoms with Gasteiger partial charge in [0.1, 0.15) is 0 Å². The van der Waals surface area contributed by atoms with Crippen molar-refractivity contribution in [3.05, 3.63) is 59.2 Å². The van der Waals surface area contributed by atoms with Gasteiger partial charge in [0.05, 0.1) is 31.3 Å². The first-order valence-electron chi connectivity index (χ1n) is 10.8. The number of hydrogen-bond donors (Lipinski definition) is 1. The van der Waals surface area contributed by atoms with E-state index >= 15 is 0 Å². The van der Waals surface area contributed by atoms with Crippen molar-refractivity contribution in [1.82, 2.24) is 9.62 Å². The van der Waals surface area contributed by atoms with E-state index < -0.39 is 10.0 Å². The molecule has 2 aliphatic rings. The summed E-state index contributed by atoms with van der Waals surface area (Å²) in [7, 11) is -3.66. The Morgan fingerprint density at radius 3 is 2.22 bits per heavy atom. The maximum atomic E-state index is 12.9. The molecule has 9 heteroatoms. The minimum absolute atomic E-state index is 0.130. The zero-order valence-corrected chi connectivity index (χ0v) is 19.1. The van der Waals surface area contributed by atoms with E-state index in [1.807, 2.05) is 24.3 Å². The number of carbonyl (C=O) groups is 1. The van der Waals surface area contributed by atoms with Crippen molar-refractivity contribution in [2.75, 3.05) is 57.5 Å². The van der Waals surface area contributed by atoms with Crippen molar-refractivity contribution in [3.8, 4) is 0 Å². The summed E-state index contributed by atoms with van der Waals surface area (Å²) >= 11 is 0. The Morgan fingerprint density at radius 1 is 0.938 bits per heavy atom. The minimum Gasteiger partial charge on any atom is -0.379 e. The monoisotopic (exact) mass is 459 g/mol. The van der Waals surface area contributed by atoms with Crippen LogP contribution in [0, 0.1) is 6.92 Å². The molecule has 0 saturated carbocycles. The van der Waals surface area contributed by atoms with Gasteiger partial charge in [0.2, 0.25) is 10.0 Å². The van der Waals surface area contributed by atoms with Crippen LogP contribution in [-0.2, 0) is 26.0 Å². The molecule has 4 rings (SSSR count). The van der Waals surface area contributed by atoms with Crippen molar-refractivity contribution in [1.29, 1.82) is 0 Å². The quantitative estimate of drug-likeness (QED) is 0.709. The number of ether oxygens (including phenoxy) is 2. The molecule has 2 aromatic carbocycles. The van der Waals surface area contributed by atoms with Crippen molar-refractivity contribution in [2.45, 2.75) is 18.4 Å². The molecule has 0 unspecified atom stereocenters. The smallest absolute Gasteiger partial charge is 0.251 e. The molecule has 0 bridgehead atoms. The third kappa shape index (κ3) is 5.12. The normalized spacial score (nSPS) is 17.8. The molecule has 172 valence electrons. The Kier molecular flexibility index (Phi) is 7.10. The lowest BCUT2D eigenvalue weighted by Gasteiger charge is -2.28. The summed E-state index contributed by atoms with van der Waals surface area (Å²) in [5.74, 6) is -0.293. The van der Waals surface area contributed by atoms with E-state index in [0.29, 0.717) is 38.4 Å². The molecule has 0 aromatic heterocycles. The molecule has 1 amide bonds. The molecular formula is C23H29N3O5S. The highest BCUT2D eigenvalue weighted by Gasteiger charge is 2.27. The van der Waals surface area contributed by atoms with Gasteiger partial charge in [-0.2, -0.15) is 4.31 Å². The predicted molar refractivity (Wildman–Crippen MR) is 121 cm³/mol. The number of aryl methyl sites for hydroxylation is 1. The Morgan fingerprint density at radius 2 is 1.56 bits per heavy atom. The van der Waals surface area contributed by atoms with Gasteiger partial charge in [-0.05, 0) is 42.3 Å². The first-order valence-corrected chi connectivity index (χ1v) is 12.3. The van der Waals surface area contributed by atoms with E-state index in [-0.39, 0.29) is 10.8 Å². The zero-order valence-electron chi connectivity index (χ0n) is 18.2. The van der Waals surface area contributed by atoms with Crippen molar-refractivity contribution in [2.24, 2.45) is 0 Å². The molecule has 2 heterocycles. The fourth-order valence-corrected chi connectivity index (χ4v) is 5.30.